The number of imidazole rings is 2. The summed E-state index contributed by atoms with van der Waals surface area (Å²) in [6.45, 7) is 3.38. The van der Waals surface area contributed by atoms with E-state index in [9.17, 15) is 19.2 Å². The predicted octanol–water partition coefficient (Wildman–Crippen LogP) is -0.304. The maximum Gasteiger partial charge on any atom is 0.303 e. The molecule has 0 radical (unpaired) electrons. The minimum atomic E-state index is -1.10. The molecule has 3 aromatic heterocycles. The monoisotopic (exact) mass is 433 g/mol. The molecule has 0 bridgehead atoms. The SMILES string of the molecule is CC(=O)OC[C@H]1O[C@@H](n2cnc3c(=O)[nH]c4nccn4c32)[C@H](OC(C)=O)[C@@H]1OC(C)=O. The van der Waals surface area contributed by atoms with Crippen molar-refractivity contribution in [1.82, 2.24) is 23.9 Å². The first kappa shape index (κ1) is 20.5. The number of H-pyrrole nitrogens is 1. The molecule has 1 fully saturated rings. The van der Waals surface area contributed by atoms with Crippen molar-refractivity contribution in [2.75, 3.05) is 6.61 Å². The lowest BCUT2D eigenvalue weighted by molar-refractivity contribution is -0.166. The van der Waals surface area contributed by atoms with Gasteiger partial charge in [-0.25, -0.2) is 9.97 Å². The molecule has 164 valence electrons. The van der Waals surface area contributed by atoms with Gasteiger partial charge in [0.25, 0.3) is 5.56 Å². The van der Waals surface area contributed by atoms with Crippen molar-refractivity contribution in [3.63, 3.8) is 0 Å². The van der Waals surface area contributed by atoms with Crippen molar-refractivity contribution in [3.05, 3.63) is 29.1 Å². The van der Waals surface area contributed by atoms with Gasteiger partial charge in [-0.1, -0.05) is 0 Å². The average molecular weight is 433 g/mol. The number of aromatic amines is 1. The van der Waals surface area contributed by atoms with E-state index in [1.807, 2.05) is 0 Å². The summed E-state index contributed by atoms with van der Waals surface area (Å²) >= 11 is 0. The van der Waals surface area contributed by atoms with Crippen LogP contribution in [0.5, 0.6) is 0 Å². The van der Waals surface area contributed by atoms with Crippen molar-refractivity contribution in [2.45, 2.75) is 45.3 Å². The van der Waals surface area contributed by atoms with Crippen LogP contribution in [-0.2, 0) is 33.3 Å². The van der Waals surface area contributed by atoms with Crippen molar-refractivity contribution >= 4 is 34.8 Å². The fraction of sp³-hybridized carbons (Fsp3) is 0.444. The van der Waals surface area contributed by atoms with Gasteiger partial charge >= 0.3 is 17.9 Å². The summed E-state index contributed by atoms with van der Waals surface area (Å²) in [5, 5.41) is 0. The molecule has 1 saturated heterocycles. The molecule has 0 saturated carbocycles. The highest BCUT2D eigenvalue weighted by Crippen LogP contribution is 2.35. The summed E-state index contributed by atoms with van der Waals surface area (Å²) in [6, 6.07) is 0. The van der Waals surface area contributed by atoms with Crippen LogP contribution in [-0.4, -0.2) is 66.7 Å². The van der Waals surface area contributed by atoms with Crippen LogP contribution in [0.1, 0.15) is 27.0 Å². The Morgan fingerprint density at radius 1 is 1.10 bits per heavy atom. The fourth-order valence-electron chi connectivity index (χ4n) is 3.58. The first-order valence-corrected chi connectivity index (χ1v) is 9.31. The first-order chi connectivity index (χ1) is 14.8. The number of esters is 3. The van der Waals surface area contributed by atoms with Crippen molar-refractivity contribution in [2.24, 2.45) is 0 Å². The van der Waals surface area contributed by atoms with Crippen LogP contribution in [0.2, 0.25) is 0 Å². The van der Waals surface area contributed by atoms with Gasteiger partial charge in [0.05, 0.1) is 6.33 Å². The second-order valence-electron chi connectivity index (χ2n) is 6.91. The third kappa shape index (κ3) is 3.74. The van der Waals surface area contributed by atoms with Gasteiger partial charge in [0.1, 0.15) is 12.7 Å². The Bertz CT molecular complexity index is 1230. The molecule has 4 atom stereocenters. The van der Waals surface area contributed by atoms with Crippen molar-refractivity contribution in [3.8, 4) is 0 Å². The van der Waals surface area contributed by atoms with Crippen LogP contribution in [0, 0.1) is 0 Å². The summed E-state index contributed by atoms with van der Waals surface area (Å²) in [4.78, 5) is 58.0. The van der Waals surface area contributed by atoms with Gasteiger partial charge in [0, 0.05) is 33.2 Å². The molecule has 1 aliphatic rings. The zero-order valence-corrected chi connectivity index (χ0v) is 16.8. The number of hydrogen-bond donors (Lipinski definition) is 1. The number of aromatic nitrogens is 5. The molecule has 4 heterocycles. The van der Waals surface area contributed by atoms with Gasteiger partial charge in [-0.05, 0) is 0 Å². The number of nitrogens with zero attached hydrogens (tertiary/aromatic N) is 4. The lowest BCUT2D eigenvalue weighted by Gasteiger charge is -2.24. The molecular weight excluding hydrogens is 414 g/mol. The van der Waals surface area contributed by atoms with Crippen LogP contribution >= 0.6 is 0 Å². The number of carbonyl (C=O) groups is 3. The second kappa shape index (κ2) is 7.83. The van der Waals surface area contributed by atoms with E-state index in [2.05, 4.69) is 15.0 Å². The lowest BCUT2D eigenvalue weighted by Crippen LogP contribution is -2.40. The minimum Gasteiger partial charge on any atom is -0.463 e. The third-order valence-electron chi connectivity index (χ3n) is 4.69. The molecule has 3 aromatic rings. The predicted molar refractivity (Wildman–Crippen MR) is 101 cm³/mol. The number of hydrogen-bond acceptors (Lipinski definition) is 10. The number of nitrogens with one attached hydrogen (secondary N) is 1. The molecule has 1 N–H and O–H groups in total. The third-order valence-corrected chi connectivity index (χ3v) is 4.69. The Balaban J connectivity index is 1.83. The summed E-state index contributed by atoms with van der Waals surface area (Å²) in [6.07, 6.45) is 0.319. The molecule has 0 amide bonds. The highest BCUT2D eigenvalue weighted by Gasteiger charge is 2.51. The van der Waals surface area contributed by atoms with Gasteiger partial charge in [-0.2, -0.15) is 0 Å². The van der Waals surface area contributed by atoms with Gasteiger partial charge < -0.3 is 18.9 Å². The number of ether oxygens (including phenoxy) is 4. The van der Waals surface area contributed by atoms with Crippen LogP contribution in [0.15, 0.2) is 23.5 Å². The topological polar surface area (TPSA) is 156 Å². The average Bonchev–Trinajstić information content (AvgIpc) is 3.37. The zero-order valence-electron chi connectivity index (χ0n) is 16.8. The number of rotatable bonds is 5. The van der Waals surface area contributed by atoms with Crippen molar-refractivity contribution in [1.29, 1.82) is 0 Å². The molecule has 0 unspecified atom stereocenters. The quantitative estimate of drug-likeness (QED) is 0.418. The van der Waals surface area contributed by atoms with E-state index in [-0.39, 0.29) is 17.9 Å². The highest BCUT2D eigenvalue weighted by atomic mass is 16.7. The fourth-order valence-corrected chi connectivity index (χ4v) is 3.58. The molecule has 0 spiro atoms. The van der Waals surface area contributed by atoms with Crippen LogP contribution in [0.4, 0.5) is 0 Å². The van der Waals surface area contributed by atoms with Crippen LogP contribution in [0.25, 0.3) is 16.9 Å². The Kier molecular flexibility index (Phi) is 5.19. The summed E-state index contributed by atoms with van der Waals surface area (Å²) in [5.74, 6) is -1.56. The lowest BCUT2D eigenvalue weighted by atomic mass is 10.1. The maximum absolute atomic E-state index is 12.4. The standard InChI is InChI=1S/C18H19N5O8/c1-8(24)28-6-11-13(29-9(2)25)14(30-10(3)26)17(31-11)23-7-20-12-15(27)21-18-19-4-5-22(18)16(12)23/h4-5,7,11,13-14,17H,6H2,1-3H3,(H,19,21,27)/t11-,13-,14-,17-/m1/s1. The Morgan fingerprint density at radius 3 is 2.48 bits per heavy atom. The van der Waals surface area contributed by atoms with E-state index >= 15 is 0 Å². The summed E-state index contributed by atoms with van der Waals surface area (Å²) in [5.41, 5.74) is -0.0428. The van der Waals surface area contributed by atoms with Crippen LogP contribution in [0.3, 0.4) is 0 Å². The summed E-state index contributed by atoms with van der Waals surface area (Å²) < 4.78 is 24.9. The Hall–Kier alpha value is -3.74. The molecule has 13 heteroatoms. The van der Waals surface area contributed by atoms with Crippen molar-refractivity contribution < 1.29 is 33.3 Å². The van der Waals surface area contributed by atoms with E-state index in [1.165, 1.54) is 37.9 Å². The second-order valence-corrected chi connectivity index (χ2v) is 6.91. The van der Waals surface area contributed by atoms with E-state index in [0.29, 0.717) is 5.65 Å². The molecular formula is C18H19N5O8. The molecule has 1 aliphatic heterocycles. The Morgan fingerprint density at radius 2 is 1.81 bits per heavy atom. The van der Waals surface area contributed by atoms with E-state index in [0.717, 1.165) is 0 Å². The number of carbonyl (C=O) groups excluding carboxylic acids is 3. The zero-order chi connectivity index (χ0) is 22.3. The Labute approximate surface area is 173 Å². The highest BCUT2D eigenvalue weighted by molar-refractivity contribution is 5.73. The molecule has 4 rings (SSSR count). The number of fused-ring (bicyclic) bond motifs is 3. The van der Waals surface area contributed by atoms with Gasteiger partial charge in [-0.3, -0.25) is 33.1 Å². The van der Waals surface area contributed by atoms with Crippen LogP contribution < -0.4 is 5.56 Å². The van der Waals surface area contributed by atoms with Gasteiger partial charge in [0.2, 0.25) is 5.78 Å². The molecule has 0 aliphatic carbocycles. The van der Waals surface area contributed by atoms with Gasteiger partial charge in [0.15, 0.2) is 29.6 Å². The van der Waals surface area contributed by atoms with E-state index < -0.39 is 48.0 Å². The normalized spacial score (nSPS) is 23.2. The molecule has 0 aromatic carbocycles. The first-order valence-electron chi connectivity index (χ1n) is 9.31. The summed E-state index contributed by atoms with van der Waals surface area (Å²) in [7, 11) is 0. The van der Waals surface area contributed by atoms with E-state index in [1.54, 1.807) is 10.6 Å². The minimum absolute atomic E-state index is 0.100. The van der Waals surface area contributed by atoms with Gasteiger partial charge in [-0.15, -0.1) is 0 Å². The largest absolute Gasteiger partial charge is 0.463 e. The maximum atomic E-state index is 12.4. The van der Waals surface area contributed by atoms with E-state index in [4.69, 9.17) is 18.9 Å². The smallest absolute Gasteiger partial charge is 0.303 e. The molecule has 13 nitrogen and oxygen atoms in total. The molecule has 31 heavy (non-hydrogen) atoms.